The number of likely N-dealkylation sites (N-methyl/N-ethyl adjacent to an activating group) is 1. The molecule has 0 unspecified atom stereocenters. The van der Waals surface area contributed by atoms with Crippen LogP contribution in [-0.4, -0.2) is 58.2 Å². The van der Waals surface area contributed by atoms with Crippen molar-refractivity contribution in [1.82, 2.24) is 25.4 Å². The summed E-state index contributed by atoms with van der Waals surface area (Å²) >= 11 is 0. The number of hydrogen-bond acceptors (Lipinski definition) is 4. The van der Waals surface area contributed by atoms with E-state index in [1.54, 1.807) is 5.32 Å². The molecule has 100 valence electrons. The van der Waals surface area contributed by atoms with Gasteiger partial charge in [0, 0.05) is 7.05 Å². The predicted molar refractivity (Wildman–Crippen MR) is 52.4 cm³/mol. The van der Waals surface area contributed by atoms with Gasteiger partial charge in [-0.3, -0.25) is 14.7 Å². The lowest BCUT2D eigenvalue weighted by Crippen LogP contribution is -2.42. The van der Waals surface area contributed by atoms with Crippen molar-refractivity contribution in [3.8, 4) is 0 Å². The van der Waals surface area contributed by atoms with Crippen molar-refractivity contribution in [2.24, 2.45) is 0 Å². The average molecular weight is 265 g/mol. The van der Waals surface area contributed by atoms with E-state index in [0.29, 0.717) is 0 Å². The third kappa shape index (κ3) is 4.39. The third-order valence-electron chi connectivity index (χ3n) is 1.83. The maximum atomic E-state index is 11.8. The van der Waals surface area contributed by atoms with Gasteiger partial charge in [0.2, 0.25) is 11.7 Å². The van der Waals surface area contributed by atoms with Gasteiger partial charge in [-0.2, -0.15) is 18.3 Å². The van der Waals surface area contributed by atoms with Crippen LogP contribution in [-0.2, 0) is 4.79 Å². The fraction of sp³-hybridized carbons (Fsp3) is 0.500. The fourth-order valence-corrected chi connectivity index (χ4v) is 1.03. The molecule has 1 aromatic heterocycles. The zero-order valence-corrected chi connectivity index (χ0v) is 9.28. The summed E-state index contributed by atoms with van der Waals surface area (Å²) in [5.41, 5.74) is 0. The summed E-state index contributed by atoms with van der Waals surface area (Å²) in [5, 5.41) is 7.37. The Hall–Kier alpha value is -2.13. The number of carbonyl (C=O) groups excluding carboxylic acids is 2. The first-order valence-electron chi connectivity index (χ1n) is 4.74. The van der Waals surface area contributed by atoms with Crippen LogP contribution in [0.15, 0.2) is 6.33 Å². The highest BCUT2D eigenvalue weighted by molar-refractivity contribution is 5.93. The first-order valence-corrected chi connectivity index (χ1v) is 4.74. The number of aromatic amines is 1. The minimum absolute atomic E-state index is 0.0962. The molecule has 0 aliphatic rings. The van der Waals surface area contributed by atoms with Gasteiger partial charge in [-0.15, -0.1) is 0 Å². The van der Waals surface area contributed by atoms with Crippen molar-refractivity contribution in [3.05, 3.63) is 12.2 Å². The molecule has 0 spiro atoms. The molecule has 0 fully saturated rings. The highest BCUT2D eigenvalue weighted by Gasteiger charge is 2.28. The zero-order chi connectivity index (χ0) is 13.8. The van der Waals surface area contributed by atoms with E-state index in [2.05, 4.69) is 15.2 Å². The van der Waals surface area contributed by atoms with Gasteiger partial charge in [0.25, 0.3) is 5.91 Å². The first kappa shape index (κ1) is 13.9. The second-order valence-electron chi connectivity index (χ2n) is 3.39. The van der Waals surface area contributed by atoms with Crippen LogP contribution < -0.4 is 5.32 Å². The molecule has 0 bridgehead atoms. The van der Waals surface area contributed by atoms with Crippen LogP contribution in [0.25, 0.3) is 0 Å². The largest absolute Gasteiger partial charge is 0.405 e. The van der Waals surface area contributed by atoms with Crippen LogP contribution in [0.5, 0.6) is 0 Å². The summed E-state index contributed by atoms with van der Waals surface area (Å²) < 4.78 is 35.5. The fourth-order valence-electron chi connectivity index (χ4n) is 1.03. The second kappa shape index (κ2) is 5.47. The van der Waals surface area contributed by atoms with Crippen molar-refractivity contribution < 1.29 is 22.8 Å². The number of alkyl halides is 3. The number of nitrogens with zero attached hydrogens (tertiary/aromatic N) is 3. The van der Waals surface area contributed by atoms with Gasteiger partial charge < -0.3 is 10.2 Å². The molecule has 2 amide bonds. The van der Waals surface area contributed by atoms with E-state index < -0.39 is 31.1 Å². The molecule has 0 aliphatic carbocycles. The number of carbonyl (C=O) groups is 2. The van der Waals surface area contributed by atoms with E-state index in [-0.39, 0.29) is 5.82 Å². The Labute approximate surface area is 99.4 Å². The Morgan fingerprint density at radius 2 is 2.17 bits per heavy atom. The molecule has 0 saturated carbocycles. The molecule has 7 nitrogen and oxygen atoms in total. The van der Waals surface area contributed by atoms with E-state index in [1.807, 2.05) is 0 Å². The summed E-state index contributed by atoms with van der Waals surface area (Å²) in [6.07, 6.45) is -3.38. The summed E-state index contributed by atoms with van der Waals surface area (Å²) in [6.45, 7) is -1.94. The van der Waals surface area contributed by atoms with Gasteiger partial charge in [-0.25, -0.2) is 4.98 Å². The Bertz CT molecular complexity index is 417. The quantitative estimate of drug-likeness (QED) is 0.771. The highest BCUT2D eigenvalue weighted by atomic mass is 19.4. The van der Waals surface area contributed by atoms with Crippen molar-refractivity contribution in [2.75, 3.05) is 20.1 Å². The number of nitrogens with one attached hydrogen (secondary N) is 2. The van der Waals surface area contributed by atoms with Crippen LogP contribution in [0.2, 0.25) is 0 Å². The maximum absolute atomic E-state index is 11.8. The lowest BCUT2D eigenvalue weighted by atomic mass is 10.4. The Kier molecular flexibility index (Phi) is 4.23. The number of amides is 2. The minimum Gasteiger partial charge on any atom is -0.345 e. The van der Waals surface area contributed by atoms with Gasteiger partial charge in [0.1, 0.15) is 12.9 Å². The Balaban J connectivity index is 2.43. The third-order valence-corrected chi connectivity index (χ3v) is 1.83. The normalized spacial score (nSPS) is 11.1. The number of rotatable bonds is 4. The average Bonchev–Trinajstić information content (AvgIpc) is 2.77. The number of halogens is 3. The van der Waals surface area contributed by atoms with E-state index >= 15 is 0 Å². The molecule has 0 aliphatic heterocycles. The molecular weight excluding hydrogens is 255 g/mol. The van der Waals surface area contributed by atoms with Gasteiger partial charge in [0.05, 0.1) is 6.54 Å². The molecule has 0 saturated heterocycles. The summed E-state index contributed by atoms with van der Waals surface area (Å²) in [6, 6.07) is 0. The lowest BCUT2D eigenvalue weighted by Gasteiger charge is -2.15. The summed E-state index contributed by atoms with van der Waals surface area (Å²) in [5.74, 6) is -1.65. The molecule has 0 atom stereocenters. The Morgan fingerprint density at radius 1 is 1.50 bits per heavy atom. The molecule has 10 heteroatoms. The molecule has 1 rings (SSSR count). The van der Waals surface area contributed by atoms with Crippen molar-refractivity contribution in [2.45, 2.75) is 6.18 Å². The molecule has 1 heterocycles. The molecule has 1 aromatic rings. The maximum Gasteiger partial charge on any atom is 0.405 e. The molecule has 18 heavy (non-hydrogen) atoms. The van der Waals surface area contributed by atoms with E-state index in [4.69, 9.17) is 0 Å². The molecule has 0 radical (unpaired) electrons. The van der Waals surface area contributed by atoms with Crippen LogP contribution in [0.1, 0.15) is 10.6 Å². The zero-order valence-electron chi connectivity index (χ0n) is 9.28. The van der Waals surface area contributed by atoms with Crippen molar-refractivity contribution in [1.29, 1.82) is 0 Å². The number of H-pyrrole nitrogens is 1. The van der Waals surface area contributed by atoms with E-state index in [1.165, 1.54) is 7.05 Å². The summed E-state index contributed by atoms with van der Waals surface area (Å²) in [4.78, 5) is 27.1. The minimum atomic E-state index is -4.48. The topological polar surface area (TPSA) is 91.0 Å². The molecular formula is C8H10F3N5O2. The van der Waals surface area contributed by atoms with Crippen LogP contribution in [0.3, 0.4) is 0 Å². The van der Waals surface area contributed by atoms with Crippen LogP contribution >= 0.6 is 0 Å². The van der Waals surface area contributed by atoms with Crippen molar-refractivity contribution >= 4 is 11.8 Å². The smallest absolute Gasteiger partial charge is 0.345 e. The van der Waals surface area contributed by atoms with Gasteiger partial charge in [-0.05, 0) is 0 Å². The SMILES string of the molecule is CN(CC(=O)NCC(F)(F)F)C(=O)c1ncn[nH]1. The van der Waals surface area contributed by atoms with Crippen LogP contribution in [0.4, 0.5) is 13.2 Å². The van der Waals surface area contributed by atoms with Crippen LogP contribution in [0, 0.1) is 0 Å². The van der Waals surface area contributed by atoms with Gasteiger partial charge in [-0.1, -0.05) is 0 Å². The van der Waals surface area contributed by atoms with Gasteiger partial charge in [0.15, 0.2) is 0 Å². The predicted octanol–water partition coefficient (Wildman–Crippen LogP) is -0.445. The molecule has 2 N–H and O–H groups in total. The second-order valence-corrected chi connectivity index (χ2v) is 3.39. The number of aromatic nitrogens is 3. The standard InChI is InChI=1S/C8H10F3N5O2/c1-16(7(18)6-13-4-14-15-6)2-5(17)12-3-8(9,10)11/h4H,2-3H2,1H3,(H,12,17)(H,13,14,15). The first-order chi connectivity index (χ1) is 8.29. The van der Waals surface area contributed by atoms with E-state index in [9.17, 15) is 22.8 Å². The monoisotopic (exact) mass is 265 g/mol. The summed E-state index contributed by atoms with van der Waals surface area (Å²) in [7, 11) is 1.26. The Morgan fingerprint density at radius 3 is 2.67 bits per heavy atom. The van der Waals surface area contributed by atoms with Crippen molar-refractivity contribution in [3.63, 3.8) is 0 Å². The molecule has 0 aromatic carbocycles. The number of hydrogen-bond donors (Lipinski definition) is 2. The van der Waals surface area contributed by atoms with Gasteiger partial charge >= 0.3 is 6.18 Å². The highest BCUT2D eigenvalue weighted by Crippen LogP contribution is 2.11. The lowest BCUT2D eigenvalue weighted by molar-refractivity contribution is -0.138. The van der Waals surface area contributed by atoms with E-state index in [0.717, 1.165) is 11.2 Å².